The van der Waals surface area contributed by atoms with Gasteiger partial charge in [-0.25, -0.2) is 0 Å². The van der Waals surface area contributed by atoms with Crippen LogP contribution in [0.1, 0.15) is 271 Å². The van der Waals surface area contributed by atoms with Crippen LogP contribution in [-0.2, 0) is 0 Å². The van der Waals surface area contributed by atoms with Crippen molar-refractivity contribution in [2.75, 3.05) is 39.3 Å². The lowest BCUT2D eigenvalue weighted by Gasteiger charge is -2.40. The average molecular weight is 918 g/mol. The standard InChI is InChI=1S/C62H116N4/c1-4-7-10-13-16-19-22-25-28-31-34-37-40-43-46-49-52-61(65-57-60-66-58-55-64-56-59-66)62(63,53-50-47-44-41-38-35-32-29-26-23-20-17-14-11-8-5-2)54-51-48-45-42-39-36-33-30-27-24-21-18-15-12-9-6-3/h16-21,25-30,61,64-65H,4-15,22-24,31-60,63H2,1-3H3/b19-16-,20-17-,21-18-,28-25-,29-26-,30-27-. The maximum atomic E-state index is 7.73. The van der Waals surface area contributed by atoms with Crippen molar-refractivity contribution in [1.29, 1.82) is 0 Å². The van der Waals surface area contributed by atoms with Crippen LogP contribution in [-0.4, -0.2) is 55.7 Å². The zero-order valence-electron chi connectivity index (χ0n) is 44.8. The Morgan fingerprint density at radius 2 is 0.742 bits per heavy atom. The van der Waals surface area contributed by atoms with Crippen molar-refractivity contribution in [3.63, 3.8) is 0 Å². The van der Waals surface area contributed by atoms with Crippen molar-refractivity contribution < 1.29 is 0 Å². The van der Waals surface area contributed by atoms with E-state index in [0.29, 0.717) is 6.04 Å². The SMILES string of the molecule is CCCCC/C=C\C/C=C\CCCCCCCCC(NCCN1CCNCC1)C(N)(CCCCCCCC/C=C\C/C=C\CCCCC)CCCCCCCC/C=C\C/C=C\CCCCC. The molecule has 0 radical (unpaired) electrons. The molecule has 384 valence electrons. The number of nitrogens with two attached hydrogens (primary N) is 1. The fourth-order valence-corrected chi connectivity index (χ4v) is 9.62. The molecule has 1 aliphatic rings. The molecule has 4 nitrogen and oxygen atoms in total. The summed E-state index contributed by atoms with van der Waals surface area (Å²) in [6.45, 7) is 13.6. The number of piperazine rings is 1. The van der Waals surface area contributed by atoms with Crippen molar-refractivity contribution in [1.82, 2.24) is 15.5 Å². The van der Waals surface area contributed by atoms with Gasteiger partial charge in [-0.3, -0.25) is 4.90 Å². The Hall–Kier alpha value is -1.72. The van der Waals surface area contributed by atoms with Crippen LogP contribution >= 0.6 is 0 Å². The molecule has 4 N–H and O–H groups in total. The van der Waals surface area contributed by atoms with E-state index in [-0.39, 0.29) is 5.54 Å². The van der Waals surface area contributed by atoms with Crippen molar-refractivity contribution in [2.24, 2.45) is 5.73 Å². The molecule has 1 fully saturated rings. The van der Waals surface area contributed by atoms with Gasteiger partial charge in [-0.1, -0.05) is 229 Å². The van der Waals surface area contributed by atoms with Crippen LogP contribution in [0, 0.1) is 0 Å². The molecule has 1 unspecified atom stereocenters. The number of nitrogens with one attached hydrogen (secondary N) is 2. The number of hydrogen-bond donors (Lipinski definition) is 3. The minimum Gasteiger partial charge on any atom is -0.324 e. The molecule has 0 saturated carbocycles. The number of unbranched alkanes of at least 4 members (excludes halogenated alkanes) is 27. The lowest BCUT2D eigenvalue weighted by Crippen LogP contribution is -2.58. The van der Waals surface area contributed by atoms with Crippen LogP contribution in [0.4, 0.5) is 0 Å². The lowest BCUT2D eigenvalue weighted by molar-refractivity contribution is 0.204. The van der Waals surface area contributed by atoms with Crippen molar-refractivity contribution in [3.05, 3.63) is 72.9 Å². The van der Waals surface area contributed by atoms with Gasteiger partial charge in [0.1, 0.15) is 0 Å². The van der Waals surface area contributed by atoms with Gasteiger partial charge in [0.05, 0.1) is 0 Å². The van der Waals surface area contributed by atoms with E-state index in [0.717, 1.165) is 45.4 Å². The first-order valence-electron chi connectivity index (χ1n) is 29.5. The summed E-state index contributed by atoms with van der Waals surface area (Å²) < 4.78 is 0. The van der Waals surface area contributed by atoms with E-state index in [4.69, 9.17) is 5.73 Å². The normalized spacial score (nSPS) is 14.9. The number of allylic oxidation sites excluding steroid dienone is 12. The summed E-state index contributed by atoms with van der Waals surface area (Å²) in [6.07, 6.45) is 79.1. The van der Waals surface area contributed by atoms with E-state index in [1.807, 2.05) is 0 Å². The van der Waals surface area contributed by atoms with Gasteiger partial charge in [0.15, 0.2) is 0 Å². The molecule has 1 aliphatic heterocycles. The second-order valence-electron chi connectivity index (χ2n) is 20.4. The molecule has 4 heteroatoms. The Bertz CT molecular complexity index is 1090. The van der Waals surface area contributed by atoms with Gasteiger partial charge in [0.2, 0.25) is 0 Å². The monoisotopic (exact) mass is 917 g/mol. The van der Waals surface area contributed by atoms with Gasteiger partial charge in [0.25, 0.3) is 0 Å². The zero-order chi connectivity index (χ0) is 47.4. The number of rotatable bonds is 50. The zero-order valence-corrected chi connectivity index (χ0v) is 44.8. The van der Waals surface area contributed by atoms with Crippen LogP contribution in [0.15, 0.2) is 72.9 Å². The van der Waals surface area contributed by atoms with Crippen molar-refractivity contribution in [3.8, 4) is 0 Å². The molecule has 1 atom stereocenters. The number of hydrogen-bond acceptors (Lipinski definition) is 4. The highest BCUT2D eigenvalue weighted by Gasteiger charge is 2.33. The van der Waals surface area contributed by atoms with Gasteiger partial charge in [-0.05, 0) is 116 Å². The summed E-state index contributed by atoms with van der Waals surface area (Å²) in [7, 11) is 0. The predicted octanol–water partition coefficient (Wildman–Crippen LogP) is 18.2. The van der Waals surface area contributed by atoms with Gasteiger partial charge in [-0.15, -0.1) is 0 Å². The van der Waals surface area contributed by atoms with E-state index in [1.54, 1.807) is 0 Å². The van der Waals surface area contributed by atoms with Gasteiger partial charge >= 0.3 is 0 Å². The highest BCUT2D eigenvalue weighted by molar-refractivity contribution is 4.97. The minimum absolute atomic E-state index is 0.106. The molecule has 1 rings (SSSR count). The lowest BCUT2D eigenvalue weighted by atomic mass is 9.78. The Morgan fingerprint density at radius 1 is 0.424 bits per heavy atom. The molecule has 0 aromatic rings. The van der Waals surface area contributed by atoms with E-state index < -0.39 is 0 Å². The first-order valence-corrected chi connectivity index (χ1v) is 29.5. The van der Waals surface area contributed by atoms with E-state index in [2.05, 4.69) is 109 Å². The second kappa shape index (κ2) is 51.1. The predicted molar refractivity (Wildman–Crippen MR) is 300 cm³/mol. The topological polar surface area (TPSA) is 53.3 Å². The van der Waals surface area contributed by atoms with Crippen LogP contribution in [0.5, 0.6) is 0 Å². The molecule has 0 aromatic carbocycles. The van der Waals surface area contributed by atoms with Gasteiger partial charge in [0, 0.05) is 50.8 Å². The molecular weight excluding hydrogens is 801 g/mol. The summed E-state index contributed by atoms with van der Waals surface area (Å²) in [5.74, 6) is 0. The van der Waals surface area contributed by atoms with Crippen molar-refractivity contribution >= 4 is 0 Å². The minimum atomic E-state index is -0.106. The third kappa shape index (κ3) is 42.4. The second-order valence-corrected chi connectivity index (χ2v) is 20.4. The van der Waals surface area contributed by atoms with E-state index in [9.17, 15) is 0 Å². The van der Waals surface area contributed by atoms with Crippen LogP contribution < -0.4 is 16.4 Å². The van der Waals surface area contributed by atoms with Gasteiger partial charge in [-0.2, -0.15) is 0 Å². The third-order valence-corrected chi connectivity index (χ3v) is 14.1. The Morgan fingerprint density at radius 3 is 1.11 bits per heavy atom. The van der Waals surface area contributed by atoms with Crippen molar-refractivity contribution in [2.45, 2.75) is 283 Å². The molecule has 66 heavy (non-hydrogen) atoms. The molecular formula is C62H116N4. The Labute approximate surface area is 414 Å². The van der Waals surface area contributed by atoms with E-state index >= 15 is 0 Å². The molecule has 0 spiro atoms. The largest absolute Gasteiger partial charge is 0.324 e. The summed E-state index contributed by atoms with van der Waals surface area (Å²) in [5, 5.41) is 7.69. The molecule has 0 aromatic heterocycles. The smallest absolute Gasteiger partial charge is 0.0309 e. The average Bonchev–Trinajstić information content (AvgIpc) is 3.33. The highest BCUT2D eigenvalue weighted by Crippen LogP contribution is 2.28. The fraction of sp³-hybridized carbons (Fsp3) is 0.806. The fourth-order valence-electron chi connectivity index (χ4n) is 9.62. The van der Waals surface area contributed by atoms with Crippen LogP contribution in [0.3, 0.4) is 0 Å². The molecule has 0 aliphatic carbocycles. The maximum absolute atomic E-state index is 7.73. The maximum Gasteiger partial charge on any atom is 0.0309 e. The summed E-state index contributed by atoms with van der Waals surface area (Å²) in [5.41, 5.74) is 7.62. The number of nitrogens with zero attached hydrogens (tertiary/aromatic N) is 1. The van der Waals surface area contributed by atoms with Crippen LogP contribution in [0.25, 0.3) is 0 Å². The van der Waals surface area contributed by atoms with Gasteiger partial charge < -0.3 is 16.4 Å². The molecule has 1 saturated heterocycles. The summed E-state index contributed by atoms with van der Waals surface area (Å²) in [4.78, 5) is 2.64. The summed E-state index contributed by atoms with van der Waals surface area (Å²) >= 11 is 0. The highest BCUT2D eigenvalue weighted by atomic mass is 15.2. The Balaban J connectivity index is 2.63. The first-order chi connectivity index (χ1) is 32.7. The first kappa shape index (κ1) is 62.3. The molecule has 0 amide bonds. The Kier molecular flexibility index (Phi) is 48.3. The van der Waals surface area contributed by atoms with Crippen LogP contribution in [0.2, 0.25) is 0 Å². The van der Waals surface area contributed by atoms with E-state index in [1.165, 1.54) is 244 Å². The quantitative estimate of drug-likeness (QED) is 0.0420. The third-order valence-electron chi connectivity index (χ3n) is 14.1. The molecule has 0 bridgehead atoms. The summed E-state index contributed by atoms with van der Waals surface area (Å²) in [6, 6.07) is 0.419. The molecule has 1 heterocycles.